The number of halogens is 4. The Morgan fingerprint density at radius 2 is 2.00 bits per heavy atom. The molecule has 0 unspecified atom stereocenters. The molecule has 0 saturated carbocycles. The molecule has 0 aliphatic heterocycles. The third-order valence-corrected chi connectivity index (χ3v) is 2.78. The van der Waals surface area contributed by atoms with Crippen LogP contribution in [0, 0.1) is 3.57 Å². The van der Waals surface area contributed by atoms with Crippen LogP contribution in [0.25, 0.3) is 0 Å². The summed E-state index contributed by atoms with van der Waals surface area (Å²) in [5.74, 6) is -0.406. The summed E-state index contributed by atoms with van der Waals surface area (Å²) in [4.78, 5) is 0. The number of phenols is 1. The first-order chi connectivity index (χ1) is 6.86. The maximum atomic E-state index is 12.5. The number of alkyl halides is 3. The summed E-state index contributed by atoms with van der Waals surface area (Å²) >= 11 is 1.45. The molecule has 0 radical (unpaired) electrons. The lowest BCUT2D eigenvalue weighted by Gasteiger charge is -2.12. The molecule has 1 aromatic carbocycles. The maximum absolute atomic E-state index is 12.5. The molecule has 0 aliphatic rings. The fraction of sp³-hybridized carbons (Fsp3) is 0.333. The van der Waals surface area contributed by atoms with Crippen molar-refractivity contribution in [1.82, 2.24) is 0 Å². The van der Waals surface area contributed by atoms with Crippen LogP contribution in [0.5, 0.6) is 11.5 Å². The topological polar surface area (TPSA) is 29.5 Å². The molecule has 0 aromatic heterocycles. The van der Waals surface area contributed by atoms with Crippen LogP contribution in [-0.2, 0) is 6.18 Å². The van der Waals surface area contributed by atoms with Crippen LogP contribution in [0.15, 0.2) is 12.1 Å². The highest BCUT2D eigenvalue weighted by molar-refractivity contribution is 14.1. The molecular weight excluding hydrogens is 324 g/mol. The smallest absolute Gasteiger partial charge is 0.417 e. The van der Waals surface area contributed by atoms with Crippen molar-refractivity contribution in [2.24, 2.45) is 0 Å². The van der Waals surface area contributed by atoms with E-state index in [1.54, 1.807) is 6.92 Å². The summed E-state index contributed by atoms with van der Waals surface area (Å²) in [6.45, 7) is 1.90. The molecule has 84 valence electrons. The Kier molecular flexibility index (Phi) is 3.69. The minimum absolute atomic E-state index is 0.0164. The Hall–Kier alpha value is -0.660. The third-order valence-electron chi connectivity index (χ3n) is 1.64. The summed E-state index contributed by atoms with van der Waals surface area (Å²) in [5, 5.41) is 9.28. The Labute approximate surface area is 98.2 Å². The molecule has 0 fully saturated rings. The number of hydrogen-bond donors (Lipinski definition) is 1. The Morgan fingerprint density at radius 3 is 2.47 bits per heavy atom. The quantitative estimate of drug-likeness (QED) is 0.841. The second-order valence-electron chi connectivity index (χ2n) is 2.73. The molecule has 0 heterocycles. The molecule has 0 amide bonds. The van der Waals surface area contributed by atoms with E-state index < -0.39 is 17.5 Å². The number of aromatic hydroxyl groups is 1. The highest BCUT2D eigenvalue weighted by atomic mass is 127. The molecular formula is C9H8F3IO2. The van der Waals surface area contributed by atoms with Gasteiger partial charge >= 0.3 is 6.18 Å². The number of rotatable bonds is 2. The van der Waals surface area contributed by atoms with Crippen LogP contribution in [0.4, 0.5) is 13.2 Å². The summed E-state index contributed by atoms with van der Waals surface area (Å²) in [5.41, 5.74) is -0.883. The average molecular weight is 332 g/mol. The highest BCUT2D eigenvalue weighted by Crippen LogP contribution is 2.39. The fourth-order valence-corrected chi connectivity index (χ4v) is 1.66. The van der Waals surface area contributed by atoms with Gasteiger partial charge in [-0.15, -0.1) is 0 Å². The molecule has 1 aromatic rings. The first kappa shape index (κ1) is 12.4. The van der Waals surface area contributed by atoms with E-state index in [0.717, 1.165) is 6.07 Å². The minimum atomic E-state index is -4.49. The average Bonchev–Trinajstić information content (AvgIpc) is 2.09. The molecule has 6 heteroatoms. The minimum Gasteiger partial charge on any atom is -0.507 e. The zero-order chi connectivity index (χ0) is 11.6. The Morgan fingerprint density at radius 1 is 1.40 bits per heavy atom. The van der Waals surface area contributed by atoms with E-state index >= 15 is 0 Å². The first-order valence-corrected chi connectivity index (χ1v) is 5.16. The highest BCUT2D eigenvalue weighted by Gasteiger charge is 2.34. The van der Waals surface area contributed by atoms with E-state index in [4.69, 9.17) is 4.74 Å². The molecule has 1 N–H and O–H groups in total. The predicted molar refractivity (Wildman–Crippen MR) is 57.0 cm³/mol. The lowest BCUT2D eigenvalue weighted by molar-refractivity contribution is -0.138. The van der Waals surface area contributed by atoms with Crippen LogP contribution in [0.2, 0.25) is 0 Å². The van der Waals surface area contributed by atoms with Crippen LogP contribution in [0.1, 0.15) is 12.5 Å². The molecule has 0 saturated heterocycles. The first-order valence-electron chi connectivity index (χ1n) is 4.08. The largest absolute Gasteiger partial charge is 0.507 e. The summed E-state index contributed by atoms with van der Waals surface area (Å²) in [6, 6.07) is 2.05. The van der Waals surface area contributed by atoms with Crippen LogP contribution in [-0.4, -0.2) is 11.7 Å². The van der Waals surface area contributed by atoms with E-state index in [1.807, 2.05) is 0 Å². The Bertz CT molecular complexity index is 363. The second-order valence-corrected chi connectivity index (χ2v) is 3.81. The number of ether oxygens (including phenoxy) is 1. The van der Waals surface area contributed by atoms with Crippen molar-refractivity contribution in [2.45, 2.75) is 13.1 Å². The van der Waals surface area contributed by atoms with E-state index in [9.17, 15) is 18.3 Å². The van der Waals surface area contributed by atoms with E-state index in [2.05, 4.69) is 0 Å². The lowest BCUT2D eigenvalue weighted by Crippen LogP contribution is -2.08. The third kappa shape index (κ3) is 2.90. The van der Waals surface area contributed by atoms with Crippen molar-refractivity contribution in [3.8, 4) is 11.5 Å². The molecule has 15 heavy (non-hydrogen) atoms. The molecule has 0 spiro atoms. The van der Waals surface area contributed by atoms with Crippen molar-refractivity contribution in [3.05, 3.63) is 21.3 Å². The fourth-order valence-electron chi connectivity index (χ4n) is 1.04. The SMILES string of the molecule is CCOc1cc(O)c(I)c(C(F)(F)F)c1. The number of phenolic OH excluding ortho intramolecular Hbond substituents is 1. The standard InChI is InChI=1S/C9H8F3IO2/c1-2-15-5-3-6(9(10,11)12)8(13)7(14)4-5/h3-4,14H,2H2,1H3. The van der Waals surface area contributed by atoms with Gasteiger partial charge in [0.2, 0.25) is 0 Å². The van der Waals surface area contributed by atoms with Gasteiger partial charge in [0.15, 0.2) is 0 Å². The van der Waals surface area contributed by atoms with Crippen LogP contribution in [0.3, 0.4) is 0 Å². The van der Waals surface area contributed by atoms with Crippen LogP contribution >= 0.6 is 22.6 Å². The second kappa shape index (κ2) is 4.46. The maximum Gasteiger partial charge on any atom is 0.417 e. The van der Waals surface area contributed by atoms with Gasteiger partial charge in [-0.05, 0) is 35.6 Å². The molecule has 2 nitrogen and oxygen atoms in total. The normalized spacial score (nSPS) is 11.5. The monoisotopic (exact) mass is 332 g/mol. The van der Waals surface area contributed by atoms with Gasteiger partial charge in [0.25, 0.3) is 0 Å². The van der Waals surface area contributed by atoms with E-state index in [1.165, 1.54) is 28.7 Å². The van der Waals surface area contributed by atoms with Gasteiger partial charge in [-0.25, -0.2) is 0 Å². The summed E-state index contributed by atoms with van der Waals surface area (Å²) in [7, 11) is 0. The summed E-state index contributed by atoms with van der Waals surface area (Å²) in [6.07, 6.45) is -4.49. The molecule has 0 bridgehead atoms. The van der Waals surface area contributed by atoms with Crippen LogP contribution < -0.4 is 4.74 Å². The van der Waals surface area contributed by atoms with Gasteiger partial charge in [-0.2, -0.15) is 13.2 Å². The molecule has 1 rings (SSSR count). The van der Waals surface area contributed by atoms with Crippen molar-refractivity contribution >= 4 is 22.6 Å². The van der Waals surface area contributed by atoms with Crippen molar-refractivity contribution < 1.29 is 23.0 Å². The number of hydrogen-bond acceptors (Lipinski definition) is 2. The summed E-state index contributed by atoms with van der Waals surface area (Å²) < 4.78 is 42.1. The van der Waals surface area contributed by atoms with Gasteiger partial charge in [0, 0.05) is 6.07 Å². The molecule has 0 aliphatic carbocycles. The van der Waals surface area contributed by atoms with Crippen molar-refractivity contribution in [3.63, 3.8) is 0 Å². The van der Waals surface area contributed by atoms with Crippen molar-refractivity contribution in [1.29, 1.82) is 0 Å². The predicted octanol–water partition coefficient (Wildman–Crippen LogP) is 3.41. The van der Waals surface area contributed by atoms with Gasteiger partial charge in [0.05, 0.1) is 15.7 Å². The number of benzene rings is 1. The zero-order valence-electron chi connectivity index (χ0n) is 7.73. The van der Waals surface area contributed by atoms with Gasteiger partial charge < -0.3 is 9.84 Å². The zero-order valence-corrected chi connectivity index (χ0v) is 9.89. The Balaban J connectivity index is 3.25. The molecule has 0 atom stereocenters. The van der Waals surface area contributed by atoms with Crippen molar-refractivity contribution in [2.75, 3.05) is 6.61 Å². The van der Waals surface area contributed by atoms with Gasteiger partial charge in [-0.3, -0.25) is 0 Å². The lowest BCUT2D eigenvalue weighted by atomic mass is 10.2. The van der Waals surface area contributed by atoms with E-state index in [0.29, 0.717) is 0 Å². The van der Waals surface area contributed by atoms with E-state index in [-0.39, 0.29) is 15.9 Å². The van der Waals surface area contributed by atoms with Gasteiger partial charge in [-0.1, -0.05) is 0 Å². The van der Waals surface area contributed by atoms with Gasteiger partial charge in [0.1, 0.15) is 11.5 Å².